The molecule has 1 fully saturated rings. The first kappa shape index (κ1) is 15.0. The Bertz CT molecular complexity index is 573. The van der Waals surface area contributed by atoms with Crippen LogP contribution < -0.4 is 0 Å². The Kier molecular flexibility index (Phi) is 4.45. The van der Waals surface area contributed by atoms with E-state index >= 15 is 0 Å². The Morgan fingerprint density at radius 3 is 2.10 bits per heavy atom. The molecule has 0 bridgehead atoms. The van der Waals surface area contributed by atoms with Gasteiger partial charge in [-0.1, -0.05) is 19.1 Å². The third kappa shape index (κ3) is 3.37. The zero-order chi connectivity index (χ0) is 14.8. The van der Waals surface area contributed by atoms with Gasteiger partial charge in [0.05, 0.1) is 6.26 Å². The minimum atomic E-state index is -3.15. The van der Waals surface area contributed by atoms with Crippen molar-refractivity contribution in [1.29, 1.82) is 0 Å². The van der Waals surface area contributed by atoms with E-state index < -0.39 is 10.0 Å². The second-order valence-corrected chi connectivity index (χ2v) is 6.99. The van der Waals surface area contributed by atoms with Crippen molar-refractivity contribution in [3.63, 3.8) is 0 Å². The normalized spacial score (nSPS) is 17.2. The van der Waals surface area contributed by atoms with Gasteiger partial charge in [-0.05, 0) is 24.1 Å². The van der Waals surface area contributed by atoms with E-state index in [9.17, 15) is 13.2 Å². The second-order valence-electron chi connectivity index (χ2n) is 5.00. The molecule has 110 valence electrons. The van der Waals surface area contributed by atoms with E-state index in [0.29, 0.717) is 31.7 Å². The fraction of sp³-hybridized carbons (Fsp3) is 0.500. The molecule has 0 saturated carbocycles. The van der Waals surface area contributed by atoms with Crippen molar-refractivity contribution < 1.29 is 13.2 Å². The Balaban J connectivity index is 2.01. The second kappa shape index (κ2) is 5.93. The van der Waals surface area contributed by atoms with E-state index in [-0.39, 0.29) is 5.91 Å². The van der Waals surface area contributed by atoms with E-state index in [4.69, 9.17) is 0 Å². The summed E-state index contributed by atoms with van der Waals surface area (Å²) in [5.74, 6) is -0.0270. The lowest BCUT2D eigenvalue weighted by atomic mass is 10.1. The van der Waals surface area contributed by atoms with E-state index in [1.54, 1.807) is 4.90 Å². The van der Waals surface area contributed by atoms with E-state index in [1.165, 1.54) is 16.1 Å². The SMILES string of the molecule is CCc1ccc(C(=O)N2CCN(S(C)(=O)=O)CC2)cc1. The minimum absolute atomic E-state index is 0.0270. The Morgan fingerprint density at radius 1 is 1.10 bits per heavy atom. The number of amides is 1. The summed E-state index contributed by atoms with van der Waals surface area (Å²) in [6.45, 7) is 3.71. The zero-order valence-electron chi connectivity index (χ0n) is 11.9. The average molecular weight is 296 g/mol. The fourth-order valence-corrected chi connectivity index (χ4v) is 3.12. The molecule has 1 aliphatic heterocycles. The Morgan fingerprint density at radius 2 is 1.65 bits per heavy atom. The van der Waals surface area contributed by atoms with Crippen LogP contribution >= 0.6 is 0 Å². The number of rotatable bonds is 3. The highest BCUT2D eigenvalue weighted by Gasteiger charge is 2.26. The lowest BCUT2D eigenvalue weighted by molar-refractivity contribution is 0.0698. The maximum atomic E-state index is 12.3. The van der Waals surface area contributed by atoms with Crippen molar-refractivity contribution in [1.82, 2.24) is 9.21 Å². The fourth-order valence-electron chi connectivity index (χ4n) is 2.29. The highest BCUT2D eigenvalue weighted by molar-refractivity contribution is 7.88. The number of sulfonamides is 1. The van der Waals surface area contributed by atoms with E-state index in [0.717, 1.165) is 6.42 Å². The van der Waals surface area contributed by atoms with Crippen LogP contribution in [-0.4, -0.2) is 56.0 Å². The maximum absolute atomic E-state index is 12.3. The molecule has 1 heterocycles. The highest BCUT2D eigenvalue weighted by Crippen LogP contribution is 2.12. The van der Waals surface area contributed by atoms with Crippen molar-refractivity contribution in [2.45, 2.75) is 13.3 Å². The van der Waals surface area contributed by atoms with Crippen LogP contribution in [-0.2, 0) is 16.4 Å². The van der Waals surface area contributed by atoms with Crippen molar-refractivity contribution >= 4 is 15.9 Å². The van der Waals surface area contributed by atoms with Gasteiger partial charge in [0.25, 0.3) is 5.91 Å². The van der Waals surface area contributed by atoms with Gasteiger partial charge in [0.1, 0.15) is 0 Å². The zero-order valence-corrected chi connectivity index (χ0v) is 12.7. The number of aryl methyl sites for hydroxylation is 1. The van der Waals surface area contributed by atoms with Crippen LogP contribution in [0.4, 0.5) is 0 Å². The van der Waals surface area contributed by atoms with Crippen LogP contribution in [0.2, 0.25) is 0 Å². The first-order valence-corrected chi connectivity index (χ1v) is 8.60. The minimum Gasteiger partial charge on any atom is -0.336 e. The number of piperazine rings is 1. The summed E-state index contributed by atoms with van der Waals surface area (Å²) >= 11 is 0. The van der Waals surface area contributed by atoms with Gasteiger partial charge in [-0.15, -0.1) is 0 Å². The largest absolute Gasteiger partial charge is 0.336 e. The number of nitrogens with zero attached hydrogens (tertiary/aromatic N) is 2. The topological polar surface area (TPSA) is 57.7 Å². The summed E-state index contributed by atoms with van der Waals surface area (Å²) in [6.07, 6.45) is 2.15. The lowest BCUT2D eigenvalue weighted by Crippen LogP contribution is -2.50. The van der Waals surface area contributed by atoms with Crippen LogP contribution in [0, 0.1) is 0 Å². The molecule has 0 aliphatic carbocycles. The molecule has 0 radical (unpaired) electrons. The van der Waals surface area contributed by atoms with Crippen molar-refractivity contribution in [2.24, 2.45) is 0 Å². The number of carbonyl (C=O) groups is 1. The molecule has 6 heteroatoms. The van der Waals surface area contributed by atoms with Crippen LogP contribution in [0.25, 0.3) is 0 Å². The molecule has 0 N–H and O–H groups in total. The first-order valence-electron chi connectivity index (χ1n) is 6.75. The first-order chi connectivity index (χ1) is 9.41. The lowest BCUT2D eigenvalue weighted by Gasteiger charge is -2.33. The molecule has 1 aromatic rings. The summed E-state index contributed by atoms with van der Waals surface area (Å²) in [6, 6.07) is 7.59. The number of hydrogen-bond acceptors (Lipinski definition) is 3. The van der Waals surface area contributed by atoms with Crippen LogP contribution in [0.5, 0.6) is 0 Å². The standard InChI is InChI=1S/C14H20N2O3S/c1-3-12-4-6-13(7-5-12)14(17)15-8-10-16(11-9-15)20(2,18)19/h4-7H,3,8-11H2,1-2H3. The van der Waals surface area contributed by atoms with Crippen molar-refractivity contribution in [3.05, 3.63) is 35.4 Å². The van der Waals surface area contributed by atoms with E-state index in [1.807, 2.05) is 24.3 Å². The molecule has 1 aromatic carbocycles. The van der Waals surface area contributed by atoms with Gasteiger partial charge >= 0.3 is 0 Å². The van der Waals surface area contributed by atoms with Gasteiger partial charge in [-0.25, -0.2) is 8.42 Å². The monoisotopic (exact) mass is 296 g/mol. The summed E-state index contributed by atoms with van der Waals surface area (Å²) in [5, 5.41) is 0. The van der Waals surface area contributed by atoms with Gasteiger partial charge in [-0.2, -0.15) is 4.31 Å². The van der Waals surface area contributed by atoms with Gasteiger partial charge in [-0.3, -0.25) is 4.79 Å². The average Bonchev–Trinajstić information content (AvgIpc) is 2.46. The number of benzene rings is 1. The maximum Gasteiger partial charge on any atom is 0.253 e. The summed E-state index contributed by atoms with van der Waals surface area (Å²) in [4.78, 5) is 14.0. The molecule has 5 nitrogen and oxygen atoms in total. The molecular weight excluding hydrogens is 276 g/mol. The molecule has 1 aliphatic rings. The molecule has 0 atom stereocenters. The smallest absolute Gasteiger partial charge is 0.253 e. The van der Waals surface area contributed by atoms with E-state index in [2.05, 4.69) is 6.92 Å². The van der Waals surface area contributed by atoms with Crippen LogP contribution in [0.15, 0.2) is 24.3 Å². The quantitative estimate of drug-likeness (QED) is 0.835. The van der Waals surface area contributed by atoms with Gasteiger partial charge in [0, 0.05) is 31.7 Å². The summed E-state index contributed by atoms with van der Waals surface area (Å²) in [7, 11) is -3.15. The third-order valence-electron chi connectivity index (χ3n) is 3.60. The number of hydrogen-bond donors (Lipinski definition) is 0. The molecular formula is C14H20N2O3S. The molecule has 1 amide bonds. The molecule has 0 unspecified atom stereocenters. The van der Waals surface area contributed by atoms with Gasteiger partial charge in [0.15, 0.2) is 0 Å². The van der Waals surface area contributed by atoms with Gasteiger partial charge in [0.2, 0.25) is 10.0 Å². The summed E-state index contributed by atoms with van der Waals surface area (Å²) < 4.78 is 24.3. The van der Waals surface area contributed by atoms with Crippen LogP contribution in [0.1, 0.15) is 22.8 Å². The molecule has 20 heavy (non-hydrogen) atoms. The third-order valence-corrected chi connectivity index (χ3v) is 4.91. The van der Waals surface area contributed by atoms with Crippen molar-refractivity contribution in [2.75, 3.05) is 32.4 Å². The molecule has 1 saturated heterocycles. The van der Waals surface area contributed by atoms with Crippen LogP contribution in [0.3, 0.4) is 0 Å². The molecule has 2 rings (SSSR count). The Labute approximate surface area is 120 Å². The predicted molar refractivity (Wildman–Crippen MR) is 78.1 cm³/mol. The highest BCUT2D eigenvalue weighted by atomic mass is 32.2. The molecule has 0 spiro atoms. The van der Waals surface area contributed by atoms with Gasteiger partial charge < -0.3 is 4.90 Å². The number of carbonyl (C=O) groups excluding carboxylic acids is 1. The summed E-state index contributed by atoms with van der Waals surface area (Å²) in [5.41, 5.74) is 1.86. The Hall–Kier alpha value is -1.40. The molecule has 0 aromatic heterocycles. The van der Waals surface area contributed by atoms with Crippen molar-refractivity contribution in [3.8, 4) is 0 Å². The predicted octanol–water partition coefficient (Wildman–Crippen LogP) is 0.966.